The van der Waals surface area contributed by atoms with Crippen LogP contribution in [-0.2, 0) is 4.74 Å². The minimum Gasteiger partial charge on any atom is -0.463 e. The third-order valence-electron chi connectivity index (χ3n) is 4.49. The van der Waals surface area contributed by atoms with Crippen molar-refractivity contribution in [1.29, 1.82) is 0 Å². The molecule has 0 atom stereocenters. The first-order chi connectivity index (χ1) is 12.5. The van der Waals surface area contributed by atoms with Crippen LogP contribution in [0.4, 0.5) is 5.82 Å². The van der Waals surface area contributed by atoms with E-state index in [2.05, 4.69) is 24.8 Å². The quantitative estimate of drug-likeness (QED) is 0.777. The van der Waals surface area contributed by atoms with Crippen molar-refractivity contribution in [3.05, 3.63) is 34.8 Å². The first kappa shape index (κ1) is 17.6. The number of nitrogens with zero attached hydrogens (tertiary/aromatic N) is 5. The highest BCUT2D eigenvalue weighted by molar-refractivity contribution is 7.99. The van der Waals surface area contributed by atoms with E-state index in [9.17, 15) is 0 Å². The van der Waals surface area contributed by atoms with Crippen LogP contribution in [0.3, 0.4) is 0 Å². The number of ether oxygens (including phenoxy) is 1. The molecule has 0 unspecified atom stereocenters. The molecule has 10 heteroatoms. The summed E-state index contributed by atoms with van der Waals surface area (Å²) in [6.45, 7) is 2.25. The van der Waals surface area contributed by atoms with Crippen LogP contribution in [0.15, 0.2) is 39.6 Å². The van der Waals surface area contributed by atoms with Crippen LogP contribution in [0.5, 0.6) is 0 Å². The zero-order chi connectivity index (χ0) is 18.1. The van der Waals surface area contributed by atoms with Gasteiger partial charge in [0.05, 0.1) is 17.4 Å². The van der Waals surface area contributed by atoms with Gasteiger partial charge in [-0.15, -0.1) is 0 Å². The summed E-state index contributed by atoms with van der Waals surface area (Å²) in [6.07, 6.45) is 6.90. The molecule has 26 heavy (non-hydrogen) atoms. The Morgan fingerprint density at radius 3 is 2.62 bits per heavy atom. The van der Waals surface area contributed by atoms with Gasteiger partial charge in [-0.3, -0.25) is 0 Å². The second-order valence-electron chi connectivity index (χ2n) is 6.18. The number of nitrogens with two attached hydrogens (primary N) is 1. The number of amidine groups is 1. The second-order valence-corrected chi connectivity index (χ2v) is 7.98. The first-order valence-corrected chi connectivity index (χ1v) is 9.65. The Balaban J connectivity index is 1.41. The zero-order valence-electron chi connectivity index (χ0n) is 13.7. The summed E-state index contributed by atoms with van der Waals surface area (Å²) < 4.78 is 5.33. The summed E-state index contributed by atoms with van der Waals surface area (Å²) in [5.74, 6) is 0.846. The van der Waals surface area contributed by atoms with E-state index in [1.165, 1.54) is 11.8 Å². The predicted molar refractivity (Wildman–Crippen MR) is 102 cm³/mol. The predicted octanol–water partition coefficient (Wildman–Crippen LogP) is 3.01. The molecule has 2 aliphatic heterocycles. The number of hydrogen-bond donors (Lipinski definition) is 1. The van der Waals surface area contributed by atoms with Crippen LogP contribution >= 0.6 is 35.0 Å². The van der Waals surface area contributed by atoms with Crippen LogP contribution in [0.2, 0.25) is 10.2 Å². The normalized spacial score (nSPS) is 18.7. The van der Waals surface area contributed by atoms with Crippen molar-refractivity contribution in [2.45, 2.75) is 28.3 Å². The fourth-order valence-electron chi connectivity index (χ4n) is 3.03. The molecular weight excluding hydrogens is 395 g/mol. The molecule has 4 heterocycles. The van der Waals surface area contributed by atoms with E-state index in [1.54, 1.807) is 24.7 Å². The Hall–Kier alpha value is -1.77. The maximum absolute atomic E-state index is 6.16. The van der Waals surface area contributed by atoms with E-state index in [0.29, 0.717) is 17.7 Å². The molecule has 1 fully saturated rings. The Morgan fingerprint density at radius 1 is 1.15 bits per heavy atom. The van der Waals surface area contributed by atoms with Crippen LogP contribution in [-0.4, -0.2) is 46.2 Å². The molecule has 2 aromatic heterocycles. The number of rotatable bonds is 3. The van der Waals surface area contributed by atoms with Gasteiger partial charge in [-0.1, -0.05) is 35.0 Å². The number of piperidine rings is 1. The SMILES string of the molecule is NC1=NC2(CCN(c3cnc(Sc4ccnc(Cl)c4Cl)cn3)CC2)CO1. The largest absolute Gasteiger partial charge is 0.463 e. The molecule has 0 radical (unpaired) electrons. The molecule has 136 valence electrons. The average molecular weight is 411 g/mol. The van der Waals surface area contributed by atoms with Crippen LogP contribution in [0, 0.1) is 0 Å². The van der Waals surface area contributed by atoms with E-state index in [4.69, 9.17) is 33.7 Å². The fraction of sp³-hybridized carbons (Fsp3) is 0.375. The number of hydrogen-bond acceptors (Lipinski definition) is 8. The highest BCUT2D eigenvalue weighted by Crippen LogP contribution is 2.36. The fourth-order valence-corrected chi connectivity index (χ4v) is 4.23. The van der Waals surface area contributed by atoms with E-state index < -0.39 is 0 Å². The van der Waals surface area contributed by atoms with Crippen molar-refractivity contribution in [2.75, 3.05) is 24.6 Å². The molecule has 0 bridgehead atoms. The zero-order valence-corrected chi connectivity index (χ0v) is 16.1. The molecule has 7 nitrogen and oxygen atoms in total. The van der Waals surface area contributed by atoms with E-state index in [0.717, 1.165) is 41.7 Å². The minimum atomic E-state index is -0.166. The Kier molecular flexibility index (Phi) is 4.81. The summed E-state index contributed by atoms with van der Waals surface area (Å²) in [5, 5.41) is 1.45. The summed E-state index contributed by atoms with van der Waals surface area (Å²) in [6, 6.07) is 2.10. The molecule has 2 N–H and O–H groups in total. The third-order valence-corrected chi connectivity index (χ3v) is 6.35. The Labute approximate surface area is 165 Å². The number of anilines is 1. The van der Waals surface area contributed by atoms with Crippen molar-refractivity contribution >= 4 is 46.8 Å². The summed E-state index contributed by atoms with van der Waals surface area (Å²) >= 11 is 13.5. The van der Waals surface area contributed by atoms with Gasteiger partial charge in [0.1, 0.15) is 28.1 Å². The van der Waals surface area contributed by atoms with Gasteiger partial charge in [0.15, 0.2) is 0 Å². The summed E-state index contributed by atoms with van der Waals surface area (Å²) in [4.78, 5) is 20.4. The van der Waals surface area contributed by atoms with Crippen molar-refractivity contribution in [2.24, 2.45) is 10.7 Å². The summed E-state index contributed by atoms with van der Waals surface area (Å²) in [5.41, 5.74) is 5.49. The molecule has 0 aliphatic carbocycles. The van der Waals surface area contributed by atoms with E-state index in [-0.39, 0.29) is 10.7 Å². The minimum absolute atomic E-state index is 0.166. The molecule has 4 rings (SSSR count). The maximum atomic E-state index is 6.16. The third kappa shape index (κ3) is 3.54. The van der Waals surface area contributed by atoms with Gasteiger partial charge in [-0.2, -0.15) is 0 Å². The average Bonchev–Trinajstić information content (AvgIpc) is 3.01. The number of aromatic nitrogens is 3. The highest BCUT2D eigenvalue weighted by Gasteiger charge is 2.39. The Bertz CT molecular complexity index is 839. The van der Waals surface area contributed by atoms with Crippen molar-refractivity contribution in [3.63, 3.8) is 0 Å². The second kappa shape index (κ2) is 7.09. The smallest absolute Gasteiger partial charge is 0.282 e. The molecule has 0 amide bonds. The van der Waals surface area contributed by atoms with E-state index in [1.807, 2.05) is 0 Å². The van der Waals surface area contributed by atoms with Gasteiger partial charge in [0, 0.05) is 24.2 Å². The molecular formula is C16H16Cl2N6OS. The Morgan fingerprint density at radius 2 is 1.96 bits per heavy atom. The van der Waals surface area contributed by atoms with Gasteiger partial charge < -0.3 is 15.4 Å². The van der Waals surface area contributed by atoms with Crippen LogP contribution in [0.1, 0.15) is 12.8 Å². The molecule has 0 saturated carbocycles. The number of aliphatic imine (C=N–C) groups is 1. The molecule has 1 saturated heterocycles. The lowest BCUT2D eigenvalue weighted by molar-refractivity contribution is 0.221. The molecule has 0 aromatic carbocycles. The van der Waals surface area contributed by atoms with Crippen molar-refractivity contribution in [3.8, 4) is 0 Å². The summed E-state index contributed by atoms with van der Waals surface area (Å²) in [7, 11) is 0. The van der Waals surface area contributed by atoms with E-state index >= 15 is 0 Å². The lowest BCUT2D eigenvalue weighted by atomic mass is 9.89. The molecule has 1 spiro atoms. The van der Waals surface area contributed by atoms with Gasteiger partial charge >= 0.3 is 0 Å². The maximum Gasteiger partial charge on any atom is 0.282 e. The first-order valence-electron chi connectivity index (χ1n) is 8.08. The topological polar surface area (TPSA) is 89.5 Å². The number of halogens is 2. The van der Waals surface area contributed by atoms with Crippen molar-refractivity contribution in [1.82, 2.24) is 15.0 Å². The monoisotopic (exact) mass is 410 g/mol. The number of pyridine rings is 1. The van der Waals surface area contributed by atoms with Gasteiger partial charge in [-0.25, -0.2) is 19.9 Å². The molecule has 2 aromatic rings. The standard InChI is InChI=1S/C16H16Cl2N6OS/c17-13-10(1-4-20-14(13)18)26-12-8-21-11(7-22-12)24-5-2-16(3-6-24)9-25-15(19)23-16/h1,4,7-8H,2-3,5-6,9H2,(H2,19,23). The van der Waals surface area contributed by atoms with Gasteiger partial charge in [-0.05, 0) is 18.9 Å². The lowest BCUT2D eigenvalue weighted by Crippen LogP contribution is -2.44. The van der Waals surface area contributed by atoms with Crippen molar-refractivity contribution < 1.29 is 4.74 Å². The highest BCUT2D eigenvalue weighted by atomic mass is 35.5. The van der Waals surface area contributed by atoms with Gasteiger partial charge in [0.25, 0.3) is 6.02 Å². The van der Waals surface area contributed by atoms with Crippen LogP contribution < -0.4 is 10.6 Å². The molecule has 2 aliphatic rings. The lowest BCUT2D eigenvalue weighted by Gasteiger charge is -2.36. The van der Waals surface area contributed by atoms with Crippen LogP contribution in [0.25, 0.3) is 0 Å². The van der Waals surface area contributed by atoms with Gasteiger partial charge in [0.2, 0.25) is 0 Å².